The summed E-state index contributed by atoms with van der Waals surface area (Å²) in [5.74, 6) is 2.21. The molecule has 2 saturated heterocycles. The Balaban J connectivity index is 1.59. The summed E-state index contributed by atoms with van der Waals surface area (Å²) in [5.41, 5.74) is 0. The van der Waals surface area contributed by atoms with Crippen LogP contribution in [-0.2, 0) is 4.79 Å². The van der Waals surface area contributed by atoms with E-state index in [1.807, 2.05) is 4.90 Å². The Morgan fingerprint density at radius 2 is 1.76 bits per heavy atom. The maximum atomic E-state index is 12.0. The number of hydrogen-bond acceptors (Lipinski definition) is 5. The molecule has 0 radical (unpaired) electrons. The second kappa shape index (κ2) is 8.50. The Morgan fingerprint density at radius 1 is 1.04 bits per heavy atom. The van der Waals surface area contributed by atoms with Crippen LogP contribution >= 0.6 is 0 Å². The van der Waals surface area contributed by atoms with Gasteiger partial charge in [-0.15, -0.1) is 10.2 Å². The van der Waals surface area contributed by atoms with Crippen molar-refractivity contribution in [1.82, 2.24) is 15.1 Å². The van der Waals surface area contributed by atoms with Crippen LogP contribution in [0.5, 0.6) is 0 Å². The van der Waals surface area contributed by atoms with Gasteiger partial charge in [-0.2, -0.15) is 0 Å². The van der Waals surface area contributed by atoms with Crippen molar-refractivity contribution in [1.29, 1.82) is 0 Å². The van der Waals surface area contributed by atoms with E-state index in [9.17, 15) is 4.79 Å². The monoisotopic (exact) mass is 345 g/mol. The average molecular weight is 345 g/mol. The Morgan fingerprint density at radius 3 is 2.40 bits per heavy atom. The molecular weight excluding hydrogens is 314 g/mol. The molecule has 1 aromatic heterocycles. The van der Waals surface area contributed by atoms with Gasteiger partial charge in [-0.05, 0) is 44.2 Å². The van der Waals surface area contributed by atoms with Crippen molar-refractivity contribution in [2.24, 2.45) is 0 Å². The van der Waals surface area contributed by atoms with Gasteiger partial charge in [0.2, 0.25) is 5.91 Å². The van der Waals surface area contributed by atoms with E-state index in [0.29, 0.717) is 12.5 Å². The van der Waals surface area contributed by atoms with Gasteiger partial charge in [0.05, 0.1) is 0 Å². The molecule has 1 atom stereocenters. The molecule has 1 amide bonds. The highest BCUT2D eigenvalue weighted by Gasteiger charge is 2.24. The molecule has 1 aromatic rings. The summed E-state index contributed by atoms with van der Waals surface area (Å²) in [6, 6.07) is 4.81. The summed E-state index contributed by atoms with van der Waals surface area (Å²) >= 11 is 0. The van der Waals surface area contributed by atoms with Gasteiger partial charge < -0.3 is 14.7 Å². The van der Waals surface area contributed by atoms with Crippen molar-refractivity contribution >= 4 is 17.5 Å². The second-order valence-electron chi connectivity index (χ2n) is 7.12. The van der Waals surface area contributed by atoms with Crippen LogP contribution < -0.4 is 9.80 Å². The van der Waals surface area contributed by atoms with Crippen molar-refractivity contribution in [2.75, 3.05) is 42.5 Å². The largest absolute Gasteiger partial charge is 0.352 e. The van der Waals surface area contributed by atoms with E-state index in [-0.39, 0.29) is 5.91 Å². The zero-order chi connectivity index (χ0) is 17.6. The molecule has 0 saturated carbocycles. The van der Waals surface area contributed by atoms with Crippen molar-refractivity contribution in [3.8, 4) is 0 Å². The lowest BCUT2D eigenvalue weighted by Crippen LogP contribution is -2.49. The van der Waals surface area contributed by atoms with Crippen molar-refractivity contribution in [3.05, 3.63) is 12.1 Å². The van der Waals surface area contributed by atoms with E-state index in [0.717, 1.165) is 57.2 Å². The number of hydrogen-bond donors (Lipinski definition) is 0. The second-order valence-corrected chi connectivity index (χ2v) is 7.12. The number of rotatable bonds is 5. The number of amides is 1. The lowest BCUT2D eigenvalue weighted by molar-refractivity contribution is -0.131. The molecule has 138 valence electrons. The maximum Gasteiger partial charge on any atom is 0.222 e. The molecule has 2 fully saturated rings. The van der Waals surface area contributed by atoms with Crippen LogP contribution in [0.1, 0.15) is 52.4 Å². The Kier molecular flexibility index (Phi) is 6.10. The summed E-state index contributed by atoms with van der Waals surface area (Å²) in [6.07, 6.45) is 6.56. The van der Waals surface area contributed by atoms with Gasteiger partial charge >= 0.3 is 0 Å². The third-order valence-electron chi connectivity index (χ3n) is 5.45. The van der Waals surface area contributed by atoms with Crippen molar-refractivity contribution < 1.29 is 4.79 Å². The number of piperidine rings is 1. The minimum absolute atomic E-state index is 0.277. The number of carbonyl (C=O) groups is 1. The van der Waals surface area contributed by atoms with Crippen LogP contribution in [0, 0.1) is 0 Å². The first-order valence-electron chi connectivity index (χ1n) is 9.86. The predicted octanol–water partition coefficient (Wildman–Crippen LogP) is 2.69. The van der Waals surface area contributed by atoms with E-state index in [2.05, 4.69) is 46.0 Å². The summed E-state index contributed by atoms with van der Waals surface area (Å²) < 4.78 is 0. The van der Waals surface area contributed by atoms with Gasteiger partial charge in [0.1, 0.15) is 0 Å². The fraction of sp³-hybridized carbons (Fsp3) is 0.737. The van der Waals surface area contributed by atoms with Crippen molar-refractivity contribution in [3.63, 3.8) is 0 Å². The zero-order valence-corrected chi connectivity index (χ0v) is 15.7. The summed E-state index contributed by atoms with van der Waals surface area (Å²) in [7, 11) is 0. The molecule has 6 heteroatoms. The van der Waals surface area contributed by atoms with E-state index in [4.69, 9.17) is 0 Å². The molecular formula is C19H31N5O. The number of carbonyl (C=O) groups excluding carboxylic acids is 1. The third kappa shape index (κ3) is 4.22. The van der Waals surface area contributed by atoms with Crippen LogP contribution in [0.2, 0.25) is 0 Å². The maximum absolute atomic E-state index is 12.0. The summed E-state index contributed by atoms with van der Waals surface area (Å²) in [6.45, 7) is 8.64. The first-order chi connectivity index (χ1) is 12.2. The Hall–Kier alpha value is -1.85. The fourth-order valence-electron chi connectivity index (χ4n) is 3.92. The molecule has 0 N–H and O–H groups in total. The Labute approximate surface area is 151 Å². The number of anilines is 2. The van der Waals surface area contributed by atoms with Gasteiger partial charge in [-0.25, -0.2) is 0 Å². The molecule has 0 spiro atoms. The van der Waals surface area contributed by atoms with Crippen LogP contribution in [0.15, 0.2) is 12.1 Å². The topological polar surface area (TPSA) is 52.6 Å². The lowest BCUT2D eigenvalue weighted by Gasteiger charge is -2.37. The minimum Gasteiger partial charge on any atom is -0.352 e. The molecule has 1 unspecified atom stereocenters. The highest BCUT2D eigenvalue weighted by Crippen LogP contribution is 2.25. The van der Waals surface area contributed by atoms with Crippen LogP contribution in [-0.4, -0.2) is 59.8 Å². The molecule has 0 aromatic carbocycles. The molecule has 0 aliphatic carbocycles. The first kappa shape index (κ1) is 18.0. The van der Waals surface area contributed by atoms with Gasteiger partial charge in [0, 0.05) is 45.2 Å². The molecule has 3 rings (SSSR count). The van der Waals surface area contributed by atoms with Gasteiger partial charge in [0.25, 0.3) is 0 Å². The van der Waals surface area contributed by atoms with Crippen LogP contribution in [0.4, 0.5) is 11.6 Å². The quantitative estimate of drug-likeness (QED) is 0.821. The van der Waals surface area contributed by atoms with E-state index < -0.39 is 0 Å². The molecule has 2 aliphatic heterocycles. The smallest absolute Gasteiger partial charge is 0.222 e. The normalized spacial score (nSPS) is 21.5. The van der Waals surface area contributed by atoms with Crippen LogP contribution in [0.3, 0.4) is 0 Å². The highest BCUT2D eigenvalue weighted by molar-refractivity contribution is 5.76. The average Bonchev–Trinajstić information content (AvgIpc) is 2.68. The number of nitrogens with zero attached hydrogens (tertiary/aromatic N) is 5. The standard InChI is InChI=1S/C19H31N5O/c1-3-7-19(25)23-14-12-22(13-15-23)17-9-10-18(21-20-17)24-11-6-5-8-16(24)4-2/h9-10,16H,3-8,11-15H2,1-2H3. The van der Waals surface area contributed by atoms with E-state index in [1.54, 1.807) is 0 Å². The molecule has 3 heterocycles. The van der Waals surface area contributed by atoms with Gasteiger partial charge in [0.15, 0.2) is 11.6 Å². The fourth-order valence-corrected chi connectivity index (χ4v) is 3.92. The molecule has 6 nitrogen and oxygen atoms in total. The number of piperazine rings is 1. The summed E-state index contributed by atoms with van der Waals surface area (Å²) in [4.78, 5) is 18.6. The predicted molar refractivity (Wildman–Crippen MR) is 101 cm³/mol. The van der Waals surface area contributed by atoms with Gasteiger partial charge in [-0.1, -0.05) is 13.8 Å². The number of aromatic nitrogens is 2. The van der Waals surface area contributed by atoms with Crippen LogP contribution in [0.25, 0.3) is 0 Å². The van der Waals surface area contributed by atoms with Gasteiger partial charge in [-0.3, -0.25) is 4.79 Å². The Bertz CT molecular complexity index is 553. The minimum atomic E-state index is 0.277. The van der Waals surface area contributed by atoms with E-state index >= 15 is 0 Å². The zero-order valence-electron chi connectivity index (χ0n) is 15.7. The molecule has 25 heavy (non-hydrogen) atoms. The molecule has 2 aliphatic rings. The molecule has 0 bridgehead atoms. The lowest BCUT2D eigenvalue weighted by atomic mass is 10.0. The highest BCUT2D eigenvalue weighted by atomic mass is 16.2. The van der Waals surface area contributed by atoms with E-state index in [1.165, 1.54) is 19.3 Å². The summed E-state index contributed by atoms with van der Waals surface area (Å²) in [5, 5.41) is 9.00. The third-order valence-corrected chi connectivity index (χ3v) is 5.45. The SMILES string of the molecule is CCCC(=O)N1CCN(c2ccc(N3CCCCC3CC)nn2)CC1. The first-order valence-corrected chi connectivity index (χ1v) is 9.86. The van der Waals surface area contributed by atoms with Crippen molar-refractivity contribution in [2.45, 2.75) is 58.4 Å².